The average Bonchev–Trinajstić information content (AvgIpc) is 3.21. The molecule has 2 aromatic heterocycles. The van der Waals surface area contributed by atoms with Crippen molar-refractivity contribution in [2.75, 3.05) is 13.1 Å². The fraction of sp³-hybridized carbons (Fsp3) is 0.211. The van der Waals surface area contributed by atoms with Crippen molar-refractivity contribution < 1.29 is 18.7 Å². The van der Waals surface area contributed by atoms with Gasteiger partial charge < -0.3 is 15.0 Å². The van der Waals surface area contributed by atoms with Crippen molar-refractivity contribution in [2.24, 2.45) is 0 Å². The van der Waals surface area contributed by atoms with Crippen LogP contribution in [0.2, 0.25) is 0 Å². The van der Waals surface area contributed by atoms with E-state index in [-0.39, 0.29) is 35.6 Å². The number of amides is 1. The zero-order valence-corrected chi connectivity index (χ0v) is 14.2. The maximum atomic E-state index is 15.0. The summed E-state index contributed by atoms with van der Waals surface area (Å²) in [5, 5.41) is 18.1. The van der Waals surface area contributed by atoms with Crippen molar-refractivity contribution in [3.05, 3.63) is 54.5 Å². The van der Waals surface area contributed by atoms with Crippen LogP contribution < -0.4 is 0 Å². The van der Waals surface area contributed by atoms with E-state index in [0.29, 0.717) is 11.3 Å². The normalized spacial score (nSPS) is 19.6. The third-order valence-corrected chi connectivity index (χ3v) is 4.81. The van der Waals surface area contributed by atoms with E-state index in [1.807, 2.05) is 0 Å². The Morgan fingerprint density at radius 1 is 1.33 bits per heavy atom. The Morgan fingerprint density at radius 2 is 2.11 bits per heavy atom. The number of halogens is 2. The summed E-state index contributed by atoms with van der Waals surface area (Å²) in [4.78, 5) is 15.8. The first-order valence-corrected chi connectivity index (χ1v) is 8.38. The monoisotopic (exact) mass is 370 g/mol. The molecule has 8 heteroatoms. The molecule has 1 saturated heterocycles. The number of carbonyl (C=O) groups excluding carboxylic acids is 1. The van der Waals surface area contributed by atoms with Gasteiger partial charge in [-0.05, 0) is 24.3 Å². The standard InChI is InChI=1S/C19H16F2N4O2/c1-2-16(27)25-8-12(13(20)9-25)18-17(21)11-7-14(23-24-19(11)22-18)10-5-3-4-6-15(10)26/h2-7,12-13,26H,1,8-9H2,(H,22,24)/t12-,13-/m0/s1. The number of alkyl halides is 1. The Kier molecular flexibility index (Phi) is 4.10. The van der Waals surface area contributed by atoms with Crippen molar-refractivity contribution in [3.8, 4) is 17.0 Å². The van der Waals surface area contributed by atoms with Crippen LogP contribution in [-0.4, -0.2) is 50.4 Å². The molecular formula is C19H16F2N4O2. The van der Waals surface area contributed by atoms with Crippen molar-refractivity contribution in [2.45, 2.75) is 12.1 Å². The van der Waals surface area contributed by atoms with Crippen LogP contribution in [0.3, 0.4) is 0 Å². The molecule has 27 heavy (non-hydrogen) atoms. The second-order valence-electron chi connectivity index (χ2n) is 6.43. The van der Waals surface area contributed by atoms with Crippen LogP contribution in [-0.2, 0) is 4.79 Å². The summed E-state index contributed by atoms with van der Waals surface area (Å²) in [5.41, 5.74) is 0.959. The Hall–Kier alpha value is -3.29. The number of likely N-dealkylation sites (tertiary alicyclic amines) is 1. The largest absolute Gasteiger partial charge is 0.507 e. The molecular weight excluding hydrogens is 354 g/mol. The van der Waals surface area contributed by atoms with E-state index >= 15 is 4.39 Å². The van der Waals surface area contributed by atoms with Crippen molar-refractivity contribution in [1.29, 1.82) is 0 Å². The first-order valence-electron chi connectivity index (χ1n) is 8.38. The molecule has 1 aromatic carbocycles. The van der Waals surface area contributed by atoms with Crippen LogP contribution in [0.5, 0.6) is 5.75 Å². The molecule has 3 aromatic rings. The van der Waals surface area contributed by atoms with Gasteiger partial charge in [-0.1, -0.05) is 18.7 Å². The summed E-state index contributed by atoms with van der Waals surface area (Å²) in [6.45, 7) is 3.33. The van der Waals surface area contributed by atoms with Gasteiger partial charge in [0.1, 0.15) is 11.9 Å². The lowest BCUT2D eigenvalue weighted by Gasteiger charge is -2.12. The zero-order valence-electron chi connectivity index (χ0n) is 14.2. The van der Waals surface area contributed by atoms with Crippen molar-refractivity contribution >= 4 is 16.9 Å². The van der Waals surface area contributed by atoms with E-state index in [9.17, 15) is 14.3 Å². The average molecular weight is 370 g/mol. The molecule has 1 amide bonds. The van der Waals surface area contributed by atoms with Gasteiger partial charge in [0.25, 0.3) is 0 Å². The summed E-state index contributed by atoms with van der Waals surface area (Å²) >= 11 is 0. The smallest absolute Gasteiger partial charge is 0.246 e. The van der Waals surface area contributed by atoms with E-state index in [4.69, 9.17) is 0 Å². The van der Waals surface area contributed by atoms with Gasteiger partial charge in [0.2, 0.25) is 5.91 Å². The second-order valence-corrected chi connectivity index (χ2v) is 6.43. The van der Waals surface area contributed by atoms with Gasteiger partial charge in [-0.3, -0.25) is 4.79 Å². The van der Waals surface area contributed by atoms with Gasteiger partial charge in [0.05, 0.1) is 29.2 Å². The third kappa shape index (κ3) is 2.83. The van der Waals surface area contributed by atoms with Crippen LogP contribution in [0.25, 0.3) is 22.3 Å². The number of phenolic OH excluding ortho intramolecular Hbond substituents is 1. The predicted octanol–water partition coefficient (Wildman–Crippen LogP) is 2.92. The van der Waals surface area contributed by atoms with Gasteiger partial charge in [0.15, 0.2) is 11.5 Å². The Bertz CT molecular complexity index is 1050. The molecule has 0 unspecified atom stereocenters. The van der Waals surface area contributed by atoms with Gasteiger partial charge in [-0.25, -0.2) is 8.78 Å². The molecule has 0 aliphatic carbocycles. The van der Waals surface area contributed by atoms with Crippen LogP contribution in [0.15, 0.2) is 43.0 Å². The summed E-state index contributed by atoms with van der Waals surface area (Å²) in [5.74, 6) is -1.84. The minimum absolute atomic E-state index is 0.000474. The maximum Gasteiger partial charge on any atom is 0.246 e. The first-order chi connectivity index (χ1) is 13.0. The molecule has 2 atom stereocenters. The van der Waals surface area contributed by atoms with Crippen molar-refractivity contribution in [3.63, 3.8) is 0 Å². The van der Waals surface area contributed by atoms with Crippen LogP contribution >= 0.6 is 0 Å². The number of hydrogen-bond acceptors (Lipinski definition) is 4. The zero-order chi connectivity index (χ0) is 19.1. The molecule has 0 bridgehead atoms. The number of rotatable bonds is 3. The highest BCUT2D eigenvalue weighted by Gasteiger charge is 2.38. The Balaban J connectivity index is 1.74. The summed E-state index contributed by atoms with van der Waals surface area (Å²) < 4.78 is 29.5. The van der Waals surface area contributed by atoms with E-state index in [2.05, 4.69) is 21.8 Å². The summed E-state index contributed by atoms with van der Waals surface area (Å²) in [6.07, 6.45) is -0.289. The van der Waals surface area contributed by atoms with Gasteiger partial charge in [0, 0.05) is 12.1 Å². The number of nitrogens with one attached hydrogen (secondary N) is 1. The molecule has 138 valence electrons. The summed E-state index contributed by atoms with van der Waals surface area (Å²) in [6, 6.07) is 7.98. The van der Waals surface area contributed by atoms with Gasteiger partial charge >= 0.3 is 0 Å². The number of para-hydroxylation sites is 1. The molecule has 1 aliphatic rings. The molecule has 1 fully saturated rings. The molecule has 4 rings (SSSR count). The number of aromatic nitrogens is 3. The number of fused-ring (bicyclic) bond motifs is 1. The highest BCUT2D eigenvalue weighted by atomic mass is 19.1. The molecule has 0 saturated carbocycles. The quantitative estimate of drug-likeness (QED) is 0.695. The molecule has 2 N–H and O–H groups in total. The van der Waals surface area contributed by atoms with E-state index in [1.165, 1.54) is 17.0 Å². The SMILES string of the molecule is C=CC(=O)N1C[C@H](c2[nH]c3nnc(-c4ccccc4O)cc3c2F)[C@@H](F)C1. The molecule has 6 nitrogen and oxygen atoms in total. The third-order valence-electron chi connectivity index (χ3n) is 4.81. The summed E-state index contributed by atoms with van der Waals surface area (Å²) in [7, 11) is 0. The lowest BCUT2D eigenvalue weighted by molar-refractivity contribution is -0.125. The maximum absolute atomic E-state index is 15.0. The van der Waals surface area contributed by atoms with E-state index in [0.717, 1.165) is 6.08 Å². The number of nitrogens with zero attached hydrogens (tertiary/aromatic N) is 3. The lowest BCUT2D eigenvalue weighted by atomic mass is 10.0. The van der Waals surface area contributed by atoms with Crippen LogP contribution in [0, 0.1) is 5.82 Å². The fourth-order valence-electron chi connectivity index (χ4n) is 3.40. The van der Waals surface area contributed by atoms with Gasteiger partial charge in [-0.15, -0.1) is 10.2 Å². The Morgan fingerprint density at radius 3 is 2.85 bits per heavy atom. The number of phenols is 1. The molecule has 1 aliphatic heterocycles. The van der Waals surface area contributed by atoms with E-state index in [1.54, 1.807) is 18.2 Å². The van der Waals surface area contributed by atoms with Crippen LogP contribution in [0.4, 0.5) is 8.78 Å². The van der Waals surface area contributed by atoms with E-state index < -0.39 is 23.8 Å². The number of aromatic amines is 1. The second kappa shape index (κ2) is 6.46. The topological polar surface area (TPSA) is 82.1 Å². The minimum atomic E-state index is -1.40. The number of carbonyl (C=O) groups is 1. The number of H-pyrrole nitrogens is 1. The highest BCUT2D eigenvalue weighted by Crippen LogP contribution is 2.35. The molecule has 0 radical (unpaired) electrons. The fourth-order valence-corrected chi connectivity index (χ4v) is 3.40. The predicted molar refractivity (Wildman–Crippen MR) is 95.4 cm³/mol. The molecule has 0 spiro atoms. The molecule has 3 heterocycles. The number of hydrogen-bond donors (Lipinski definition) is 2. The highest BCUT2D eigenvalue weighted by molar-refractivity contribution is 5.87. The van der Waals surface area contributed by atoms with Crippen molar-refractivity contribution in [1.82, 2.24) is 20.1 Å². The lowest BCUT2D eigenvalue weighted by Crippen LogP contribution is -2.27. The minimum Gasteiger partial charge on any atom is -0.507 e. The van der Waals surface area contributed by atoms with Gasteiger partial charge in [-0.2, -0.15) is 0 Å². The number of aromatic hydroxyl groups is 1. The van der Waals surface area contributed by atoms with Crippen LogP contribution in [0.1, 0.15) is 11.6 Å². The number of benzene rings is 1. The first kappa shape index (κ1) is 17.1. The Labute approximate surface area is 153 Å².